The van der Waals surface area contributed by atoms with Crippen molar-refractivity contribution in [2.75, 3.05) is 37.6 Å². The Kier molecular flexibility index (Phi) is 6.04. The molecular formula is C26H31N5O. The van der Waals surface area contributed by atoms with Crippen LogP contribution < -0.4 is 4.90 Å². The van der Waals surface area contributed by atoms with E-state index in [0.29, 0.717) is 18.4 Å². The Hall–Kier alpha value is -2.99. The largest absolute Gasteiger partial charge is 0.353 e. The number of carbonyl (C=O) groups is 1. The number of aryl methyl sites for hydroxylation is 1. The zero-order chi connectivity index (χ0) is 21.9. The van der Waals surface area contributed by atoms with E-state index >= 15 is 0 Å². The zero-order valence-corrected chi connectivity index (χ0v) is 18.8. The van der Waals surface area contributed by atoms with Crippen molar-refractivity contribution < 1.29 is 4.79 Å². The summed E-state index contributed by atoms with van der Waals surface area (Å²) in [4.78, 5) is 28.8. The number of rotatable bonds is 4. The van der Waals surface area contributed by atoms with Gasteiger partial charge in [0, 0.05) is 57.1 Å². The first kappa shape index (κ1) is 20.9. The summed E-state index contributed by atoms with van der Waals surface area (Å²) in [6.45, 7) is 7.60. The van der Waals surface area contributed by atoms with Crippen LogP contribution in [0.5, 0.6) is 0 Å². The molecule has 2 aliphatic heterocycles. The van der Waals surface area contributed by atoms with Crippen molar-refractivity contribution in [2.45, 2.75) is 38.8 Å². The van der Waals surface area contributed by atoms with E-state index < -0.39 is 0 Å². The highest BCUT2D eigenvalue weighted by Crippen LogP contribution is 2.26. The number of fused-ring (bicyclic) bond motifs is 1. The molecular weight excluding hydrogens is 398 g/mol. The van der Waals surface area contributed by atoms with Crippen LogP contribution in [0.4, 0.5) is 5.82 Å². The number of piperazine rings is 1. The van der Waals surface area contributed by atoms with Gasteiger partial charge >= 0.3 is 0 Å². The van der Waals surface area contributed by atoms with E-state index in [1.807, 2.05) is 12.1 Å². The van der Waals surface area contributed by atoms with E-state index in [0.717, 1.165) is 68.8 Å². The number of likely N-dealkylation sites (tertiary alicyclic amines) is 1. The number of anilines is 1. The minimum absolute atomic E-state index is 0.292. The van der Waals surface area contributed by atoms with Gasteiger partial charge in [0.05, 0.1) is 5.52 Å². The maximum Gasteiger partial charge on any atom is 0.222 e. The quantitative estimate of drug-likeness (QED) is 0.634. The van der Waals surface area contributed by atoms with Crippen molar-refractivity contribution in [2.24, 2.45) is 0 Å². The van der Waals surface area contributed by atoms with E-state index in [-0.39, 0.29) is 0 Å². The van der Waals surface area contributed by atoms with Crippen LogP contribution in [0.15, 0.2) is 54.9 Å². The number of hydrogen-bond acceptors (Lipinski definition) is 5. The summed E-state index contributed by atoms with van der Waals surface area (Å²) in [5.74, 6) is 1.33. The van der Waals surface area contributed by atoms with Gasteiger partial charge in [0.25, 0.3) is 0 Å². The SMILES string of the molecule is Cc1cccc(CN2CCC(N3CCN(c4ncnc5ccccc45)CC3)CCC2=O)c1. The molecule has 3 aromatic rings. The summed E-state index contributed by atoms with van der Waals surface area (Å²) < 4.78 is 0. The molecule has 32 heavy (non-hydrogen) atoms. The average molecular weight is 430 g/mol. The summed E-state index contributed by atoms with van der Waals surface area (Å²) in [7, 11) is 0. The molecule has 1 amide bonds. The second-order valence-corrected chi connectivity index (χ2v) is 9.02. The van der Waals surface area contributed by atoms with Gasteiger partial charge in [-0.1, -0.05) is 42.0 Å². The maximum absolute atomic E-state index is 12.8. The van der Waals surface area contributed by atoms with Gasteiger partial charge in [-0.25, -0.2) is 9.97 Å². The van der Waals surface area contributed by atoms with E-state index in [4.69, 9.17) is 0 Å². The van der Waals surface area contributed by atoms with Crippen LogP contribution in [0.1, 0.15) is 30.4 Å². The molecule has 0 saturated carbocycles. The van der Waals surface area contributed by atoms with Crippen LogP contribution in [0.2, 0.25) is 0 Å². The number of benzene rings is 2. The van der Waals surface area contributed by atoms with Crippen LogP contribution in [0.25, 0.3) is 10.9 Å². The summed E-state index contributed by atoms with van der Waals surface area (Å²) >= 11 is 0. The molecule has 3 heterocycles. The smallest absolute Gasteiger partial charge is 0.222 e. The van der Waals surface area contributed by atoms with Crippen molar-refractivity contribution in [1.29, 1.82) is 0 Å². The summed E-state index contributed by atoms with van der Waals surface area (Å²) in [6.07, 6.45) is 4.32. The van der Waals surface area contributed by atoms with Crippen LogP contribution in [-0.2, 0) is 11.3 Å². The average Bonchev–Trinajstić information content (AvgIpc) is 3.00. The van der Waals surface area contributed by atoms with Gasteiger partial charge < -0.3 is 9.80 Å². The molecule has 0 radical (unpaired) electrons. The lowest BCUT2D eigenvalue weighted by atomic mass is 10.1. The lowest BCUT2D eigenvalue weighted by Gasteiger charge is -2.39. The fraction of sp³-hybridized carbons (Fsp3) is 0.423. The Morgan fingerprint density at radius 1 is 0.938 bits per heavy atom. The number of hydrogen-bond donors (Lipinski definition) is 0. The predicted molar refractivity (Wildman–Crippen MR) is 128 cm³/mol. The van der Waals surface area contributed by atoms with Crippen molar-refractivity contribution in [3.8, 4) is 0 Å². The van der Waals surface area contributed by atoms with Gasteiger partial charge in [-0.15, -0.1) is 0 Å². The van der Waals surface area contributed by atoms with Crippen LogP contribution in [0, 0.1) is 6.92 Å². The zero-order valence-electron chi connectivity index (χ0n) is 18.8. The second kappa shape index (κ2) is 9.25. The van der Waals surface area contributed by atoms with Gasteiger partial charge in [-0.2, -0.15) is 0 Å². The molecule has 1 unspecified atom stereocenters. The summed E-state index contributed by atoms with van der Waals surface area (Å²) in [5.41, 5.74) is 3.47. The van der Waals surface area contributed by atoms with Crippen LogP contribution >= 0.6 is 0 Å². The Labute approximate surface area is 189 Å². The monoisotopic (exact) mass is 429 g/mol. The Balaban J connectivity index is 1.20. The first-order valence-corrected chi connectivity index (χ1v) is 11.7. The highest BCUT2D eigenvalue weighted by atomic mass is 16.2. The van der Waals surface area contributed by atoms with Crippen molar-refractivity contribution in [3.05, 3.63) is 66.0 Å². The van der Waals surface area contributed by atoms with Crippen molar-refractivity contribution in [3.63, 3.8) is 0 Å². The first-order chi connectivity index (χ1) is 15.7. The molecule has 6 nitrogen and oxygen atoms in total. The third-order valence-electron chi connectivity index (χ3n) is 6.88. The number of carbonyl (C=O) groups excluding carboxylic acids is 1. The minimum atomic E-state index is 0.292. The molecule has 0 bridgehead atoms. The molecule has 0 spiro atoms. The van der Waals surface area contributed by atoms with Gasteiger partial charge in [-0.3, -0.25) is 9.69 Å². The molecule has 2 fully saturated rings. The molecule has 2 aliphatic rings. The minimum Gasteiger partial charge on any atom is -0.353 e. The summed E-state index contributed by atoms with van der Waals surface area (Å²) in [5, 5.41) is 1.12. The fourth-order valence-electron chi connectivity index (χ4n) is 5.13. The number of amides is 1. The van der Waals surface area contributed by atoms with Gasteiger partial charge in [0.2, 0.25) is 5.91 Å². The molecule has 5 rings (SSSR count). The topological polar surface area (TPSA) is 52.6 Å². The molecule has 2 saturated heterocycles. The molecule has 0 N–H and O–H groups in total. The second-order valence-electron chi connectivity index (χ2n) is 9.02. The highest BCUT2D eigenvalue weighted by molar-refractivity contribution is 5.89. The fourth-order valence-corrected chi connectivity index (χ4v) is 5.13. The number of aromatic nitrogens is 2. The molecule has 166 valence electrons. The standard InChI is InChI=1S/C26H31N5O/c1-20-5-4-6-21(17-20)18-31-12-11-22(9-10-25(31)32)29-13-15-30(16-14-29)26-23-7-2-3-8-24(23)27-19-28-26/h2-8,17,19,22H,9-16,18H2,1H3. The van der Waals surface area contributed by atoms with Crippen molar-refractivity contribution in [1.82, 2.24) is 19.8 Å². The molecule has 1 atom stereocenters. The van der Waals surface area contributed by atoms with E-state index in [1.165, 1.54) is 11.1 Å². The number of para-hydroxylation sites is 1. The number of nitrogens with zero attached hydrogens (tertiary/aromatic N) is 5. The molecule has 2 aromatic carbocycles. The highest BCUT2D eigenvalue weighted by Gasteiger charge is 2.29. The first-order valence-electron chi connectivity index (χ1n) is 11.7. The third-order valence-corrected chi connectivity index (χ3v) is 6.88. The van der Waals surface area contributed by atoms with Crippen molar-refractivity contribution >= 4 is 22.6 Å². The lowest BCUT2D eigenvalue weighted by molar-refractivity contribution is -0.131. The van der Waals surface area contributed by atoms with Crippen LogP contribution in [-0.4, -0.2) is 64.4 Å². The lowest BCUT2D eigenvalue weighted by Crippen LogP contribution is -2.50. The van der Waals surface area contributed by atoms with Gasteiger partial charge in [0.1, 0.15) is 12.1 Å². The van der Waals surface area contributed by atoms with E-state index in [2.05, 4.69) is 68.0 Å². The Morgan fingerprint density at radius 2 is 1.78 bits per heavy atom. The van der Waals surface area contributed by atoms with Crippen LogP contribution in [0.3, 0.4) is 0 Å². The normalized spacial score (nSPS) is 20.5. The predicted octanol–water partition coefficient (Wildman–Crippen LogP) is 3.64. The van der Waals surface area contributed by atoms with Gasteiger partial charge in [0.15, 0.2) is 0 Å². The molecule has 0 aliphatic carbocycles. The van der Waals surface area contributed by atoms with E-state index in [1.54, 1.807) is 6.33 Å². The molecule has 1 aromatic heterocycles. The van der Waals surface area contributed by atoms with E-state index in [9.17, 15) is 4.79 Å². The Morgan fingerprint density at radius 3 is 2.62 bits per heavy atom. The maximum atomic E-state index is 12.8. The third kappa shape index (κ3) is 4.46. The van der Waals surface area contributed by atoms with Gasteiger partial charge in [-0.05, 0) is 37.5 Å². The molecule has 6 heteroatoms. The summed E-state index contributed by atoms with van der Waals surface area (Å²) in [6, 6.07) is 17.2. The Bertz CT molecular complexity index is 1090.